The Bertz CT molecular complexity index is 7480. The largest absolute Gasteiger partial charge is 0.264 e. The second-order valence-corrected chi connectivity index (χ2v) is 27.9. The van der Waals surface area contributed by atoms with E-state index in [2.05, 4.69) is 317 Å². The highest BCUT2D eigenvalue weighted by atomic mass is 14.8. The number of nitrogens with zero attached hydrogens (tertiary/aromatic N) is 10. The summed E-state index contributed by atoms with van der Waals surface area (Å²) in [5, 5.41) is 15.5. The van der Waals surface area contributed by atoms with Gasteiger partial charge in [0.25, 0.3) is 0 Å². The van der Waals surface area contributed by atoms with Crippen LogP contribution >= 0.6 is 0 Å². The van der Waals surface area contributed by atoms with Crippen LogP contribution in [0.4, 0.5) is 0 Å². The van der Waals surface area contributed by atoms with E-state index >= 15 is 0 Å². The topological polar surface area (TPSA) is 129 Å². The molecule has 10 aromatic heterocycles. The minimum absolute atomic E-state index is 0.910. The molecule has 0 amide bonds. The molecule has 12 aromatic carbocycles. The monoisotopic (exact) mass is 1400 g/mol. The quantitative estimate of drug-likeness (QED) is 0.129. The fourth-order valence-corrected chi connectivity index (χ4v) is 15.6. The average Bonchev–Trinajstić information content (AvgIpc) is 0.773. The Kier molecular flexibility index (Phi) is 15.3. The van der Waals surface area contributed by atoms with E-state index in [0.717, 1.165) is 215 Å². The molecule has 10 heteroatoms. The number of rotatable bonds is 9. The SMILES string of the molecule is c1cc(-c2ccc3ccc(-c4ccc5ccc(-c6ccc(-c7cc8cccnc8c8ncccc78)cc6)cc5n4)cc3n2)c2ccncc2c1.c1ccc(-c2ccc3ccc4ccc(-c5ccc6cc(-c7ccc8ccc(-c9ccc%10ccc(-c%11cccc%12cnccc%11%12)nc%10c9)nc8c7)ccc6c5)nc4c3n2)cc1. The number of fused-ring (bicyclic) bond motifs is 13. The number of benzene rings is 12. The number of hydrogen-bond donors (Lipinski definition) is 0. The molecular formula is C100H60N10. The Morgan fingerprint density at radius 1 is 0.164 bits per heavy atom. The minimum atomic E-state index is 0.910. The summed E-state index contributed by atoms with van der Waals surface area (Å²) in [6.45, 7) is 0. The number of aromatic nitrogens is 10. The third-order valence-electron chi connectivity index (χ3n) is 21.3. The highest BCUT2D eigenvalue weighted by Gasteiger charge is 2.17. The molecule has 0 spiro atoms. The standard InChI is InChI=1S/C55H33N5.C45H27N5/c1-2-5-34(6-3-1)48-24-21-37-11-12-38-22-25-50(60-55(38)54(37)59-48)43-18-16-39-29-40(14-15-41(39)30-43)42-13-9-35-19-23-49(57-52(35)31-42)44-17-10-36-20-26-51(58-53(36)32-44)47-8-4-7-45-33-56-28-27-46(45)47;1-4-35-27-46-23-20-36(35)37(6-1)41-19-17-31-13-15-33(26-43(31)50-41)40-18-16-30-12-14-32(25-42(30)49-40)28-8-10-29(11-9-28)39-24-34-5-2-21-47-44(34)45-38(39)7-3-22-48-45/h1-33H;1-27H. The van der Waals surface area contributed by atoms with Gasteiger partial charge in [-0.3, -0.25) is 19.9 Å². The number of pyridine rings is 10. The van der Waals surface area contributed by atoms with Crippen LogP contribution in [-0.2, 0) is 0 Å². The van der Waals surface area contributed by atoms with Gasteiger partial charge in [-0.15, -0.1) is 0 Å². The van der Waals surface area contributed by atoms with Crippen molar-refractivity contribution in [1.82, 2.24) is 49.8 Å². The zero-order valence-corrected chi connectivity index (χ0v) is 59.1. The van der Waals surface area contributed by atoms with Crippen molar-refractivity contribution < 1.29 is 0 Å². The van der Waals surface area contributed by atoms with Gasteiger partial charge in [-0.05, 0) is 158 Å². The molecule has 0 aliphatic carbocycles. The third-order valence-corrected chi connectivity index (χ3v) is 21.3. The normalized spacial score (nSPS) is 11.6. The highest BCUT2D eigenvalue weighted by Crippen LogP contribution is 2.39. The summed E-state index contributed by atoms with van der Waals surface area (Å²) in [5.74, 6) is 0. The van der Waals surface area contributed by atoms with E-state index in [9.17, 15) is 0 Å². The van der Waals surface area contributed by atoms with Gasteiger partial charge in [-0.1, -0.05) is 224 Å². The second kappa shape index (κ2) is 26.5. The Hall–Kier alpha value is -15.0. The van der Waals surface area contributed by atoms with E-state index in [1.807, 2.05) is 67.5 Å². The zero-order valence-electron chi connectivity index (χ0n) is 59.1. The van der Waals surface area contributed by atoms with Crippen molar-refractivity contribution in [1.29, 1.82) is 0 Å². The van der Waals surface area contributed by atoms with Crippen LogP contribution in [0, 0.1) is 0 Å². The van der Waals surface area contributed by atoms with Crippen molar-refractivity contribution in [3.8, 4) is 101 Å². The van der Waals surface area contributed by atoms with Crippen LogP contribution in [0.25, 0.3) is 220 Å². The summed E-state index contributed by atoms with van der Waals surface area (Å²) in [7, 11) is 0. The first-order valence-corrected chi connectivity index (χ1v) is 36.8. The molecule has 0 N–H and O–H groups in total. The van der Waals surface area contributed by atoms with Gasteiger partial charge in [-0.2, -0.15) is 0 Å². The first-order valence-electron chi connectivity index (χ1n) is 36.8. The van der Waals surface area contributed by atoms with Crippen molar-refractivity contribution in [2.45, 2.75) is 0 Å². The molecule has 0 saturated carbocycles. The molecule has 510 valence electrons. The fraction of sp³-hybridized carbons (Fsp3) is 0. The van der Waals surface area contributed by atoms with E-state index in [4.69, 9.17) is 29.9 Å². The molecule has 0 fully saturated rings. The van der Waals surface area contributed by atoms with Crippen molar-refractivity contribution >= 4 is 120 Å². The lowest BCUT2D eigenvalue weighted by Crippen LogP contribution is -1.91. The molecule has 0 unspecified atom stereocenters. The van der Waals surface area contributed by atoms with Crippen molar-refractivity contribution in [3.05, 3.63) is 365 Å². The van der Waals surface area contributed by atoms with Gasteiger partial charge < -0.3 is 0 Å². The molecule has 22 rings (SSSR count). The Labute approximate surface area is 631 Å². The summed E-state index contributed by atoms with van der Waals surface area (Å²) in [4.78, 5) is 48.7. The highest BCUT2D eigenvalue weighted by molar-refractivity contribution is 6.11. The van der Waals surface area contributed by atoms with Crippen LogP contribution in [0.1, 0.15) is 0 Å². The van der Waals surface area contributed by atoms with Crippen molar-refractivity contribution in [3.63, 3.8) is 0 Å². The van der Waals surface area contributed by atoms with Gasteiger partial charge in [0, 0.05) is 124 Å². The van der Waals surface area contributed by atoms with Crippen molar-refractivity contribution in [2.75, 3.05) is 0 Å². The Balaban J connectivity index is 0.000000142. The van der Waals surface area contributed by atoms with Crippen LogP contribution in [-0.4, -0.2) is 49.8 Å². The average molecular weight is 1400 g/mol. The molecule has 0 bridgehead atoms. The van der Waals surface area contributed by atoms with Gasteiger partial charge in [0.15, 0.2) is 0 Å². The van der Waals surface area contributed by atoms with Crippen LogP contribution in [0.2, 0.25) is 0 Å². The van der Waals surface area contributed by atoms with Gasteiger partial charge in [0.1, 0.15) is 0 Å². The van der Waals surface area contributed by atoms with E-state index in [0.29, 0.717) is 0 Å². The van der Waals surface area contributed by atoms with E-state index in [1.54, 1.807) is 0 Å². The van der Waals surface area contributed by atoms with Crippen LogP contribution < -0.4 is 0 Å². The van der Waals surface area contributed by atoms with Crippen LogP contribution in [0.5, 0.6) is 0 Å². The molecule has 0 aliphatic heterocycles. The van der Waals surface area contributed by atoms with E-state index in [-0.39, 0.29) is 0 Å². The molecular weight excluding hydrogens is 1340 g/mol. The van der Waals surface area contributed by atoms with Gasteiger partial charge in [0.05, 0.1) is 78.3 Å². The van der Waals surface area contributed by atoms with Crippen LogP contribution in [0.3, 0.4) is 0 Å². The van der Waals surface area contributed by atoms with Gasteiger partial charge >= 0.3 is 0 Å². The maximum absolute atomic E-state index is 5.20. The first-order chi connectivity index (χ1) is 54.4. The third kappa shape index (κ3) is 11.6. The van der Waals surface area contributed by atoms with E-state index in [1.165, 1.54) is 5.39 Å². The summed E-state index contributed by atoms with van der Waals surface area (Å²) >= 11 is 0. The predicted octanol–water partition coefficient (Wildman–Crippen LogP) is 25.0. The molecule has 0 radical (unpaired) electrons. The Morgan fingerprint density at radius 3 is 1.10 bits per heavy atom. The van der Waals surface area contributed by atoms with Crippen molar-refractivity contribution in [2.24, 2.45) is 0 Å². The smallest absolute Gasteiger partial charge is 0.0972 e. The van der Waals surface area contributed by atoms with Gasteiger partial charge in [-0.25, -0.2) is 29.9 Å². The molecule has 0 aliphatic rings. The lowest BCUT2D eigenvalue weighted by molar-refractivity contribution is 1.36. The second-order valence-electron chi connectivity index (χ2n) is 27.9. The summed E-state index contributed by atoms with van der Waals surface area (Å²) in [6, 6.07) is 115. The summed E-state index contributed by atoms with van der Waals surface area (Å²) < 4.78 is 0. The lowest BCUT2D eigenvalue weighted by Gasteiger charge is -2.11. The molecule has 0 saturated heterocycles. The molecule has 22 aromatic rings. The van der Waals surface area contributed by atoms with Gasteiger partial charge in [0.2, 0.25) is 0 Å². The zero-order chi connectivity index (χ0) is 72.6. The summed E-state index contributed by atoms with van der Waals surface area (Å²) in [5.41, 5.74) is 26.3. The fourth-order valence-electron chi connectivity index (χ4n) is 15.6. The first kappa shape index (κ1) is 63.5. The Morgan fingerprint density at radius 2 is 0.545 bits per heavy atom. The predicted molar refractivity (Wildman–Crippen MR) is 452 cm³/mol. The molecule has 10 nitrogen and oxygen atoms in total. The maximum atomic E-state index is 5.20. The lowest BCUT2D eigenvalue weighted by atomic mass is 9.95. The number of hydrogen-bond acceptors (Lipinski definition) is 10. The van der Waals surface area contributed by atoms with Crippen LogP contribution in [0.15, 0.2) is 365 Å². The molecule has 0 atom stereocenters. The molecule has 110 heavy (non-hydrogen) atoms. The maximum Gasteiger partial charge on any atom is 0.0972 e. The summed E-state index contributed by atoms with van der Waals surface area (Å²) in [6.07, 6.45) is 11.1. The van der Waals surface area contributed by atoms with E-state index < -0.39 is 0 Å². The minimum Gasteiger partial charge on any atom is -0.264 e. The molecule has 10 heterocycles.